The summed E-state index contributed by atoms with van der Waals surface area (Å²) in [4.78, 5) is 24.9. The number of rotatable bonds is 7. The summed E-state index contributed by atoms with van der Waals surface area (Å²) >= 11 is 0. The van der Waals surface area contributed by atoms with E-state index >= 15 is 0 Å². The lowest BCUT2D eigenvalue weighted by Crippen LogP contribution is -2.42. The predicted molar refractivity (Wildman–Crippen MR) is 138 cm³/mol. The van der Waals surface area contributed by atoms with Gasteiger partial charge in [0, 0.05) is 52.0 Å². The molecule has 0 aliphatic carbocycles. The van der Waals surface area contributed by atoms with E-state index in [0.717, 1.165) is 49.0 Å². The zero-order chi connectivity index (χ0) is 22.2. The minimum atomic E-state index is -0.235. The Balaban J connectivity index is 0.00000363. The summed E-state index contributed by atoms with van der Waals surface area (Å²) in [6, 6.07) is 12.0. The third-order valence-electron chi connectivity index (χ3n) is 5.58. The Morgan fingerprint density at radius 1 is 1.34 bits per heavy atom. The number of primary amides is 1. The maximum atomic E-state index is 11.7. The molecule has 0 radical (unpaired) electrons. The van der Waals surface area contributed by atoms with Crippen LogP contribution in [0.3, 0.4) is 0 Å². The highest BCUT2D eigenvalue weighted by atomic mass is 127. The Morgan fingerprint density at radius 2 is 2.09 bits per heavy atom. The summed E-state index contributed by atoms with van der Waals surface area (Å²) in [5.41, 5.74) is 7.78. The third kappa shape index (κ3) is 6.72. The largest absolute Gasteiger partial charge is 0.497 e. The first-order chi connectivity index (χ1) is 15.0. The molecule has 1 atom stereocenters. The van der Waals surface area contributed by atoms with Crippen LogP contribution in [0.1, 0.15) is 24.0 Å². The number of guanidine groups is 1. The van der Waals surface area contributed by atoms with Crippen LogP contribution in [0.5, 0.6) is 5.75 Å². The van der Waals surface area contributed by atoms with E-state index in [2.05, 4.69) is 31.2 Å². The summed E-state index contributed by atoms with van der Waals surface area (Å²) in [6.07, 6.45) is 3.57. The number of pyridine rings is 1. The van der Waals surface area contributed by atoms with Gasteiger partial charge in [0.1, 0.15) is 11.6 Å². The van der Waals surface area contributed by atoms with E-state index in [4.69, 9.17) is 10.5 Å². The van der Waals surface area contributed by atoms with Crippen LogP contribution < -0.4 is 20.7 Å². The zero-order valence-corrected chi connectivity index (χ0v) is 21.3. The van der Waals surface area contributed by atoms with Gasteiger partial charge in [-0.1, -0.05) is 18.2 Å². The number of carbonyl (C=O) groups is 1. The first-order valence-corrected chi connectivity index (χ1v) is 10.5. The van der Waals surface area contributed by atoms with Crippen molar-refractivity contribution in [3.05, 3.63) is 53.7 Å². The second-order valence-electron chi connectivity index (χ2n) is 7.78. The van der Waals surface area contributed by atoms with E-state index in [0.29, 0.717) is 13.1 Å². The number of methoxy groups -OCH3 is 1. The Kier molecular flexibility index (Phi) is 10.0. The van der Waals surface area contributed by atoms with Gasteiger partial charge in [0.05, 0.1) is 13.0 Å². The maximum Gasteiger partial charge on any atom is 0.222 e. The Hall–Kier alpha value is -2.56. The molecule has 1 amide bonds. The number of hydrogen-bond acceptors (Lipinski definition) is 5. The second kappa shape index (κ2) is 12.5. The highest BCUT2D eigenvalue weighted by molar-refractivity contribution is 14.0. The number of benzene rings is 1. The van der Waals surface area contributed by atoms with Gasteiger partial charge in [0.25, 0.3) is 0 Å². The van der Waals surface area contributed by atoms with Crippen molar-refractivity contribution >= 4 is 41.7 Å². The van der Waals surface area contributed by atoms with Crippen molar-refractivity contribution in [3.63, 3.8) is 0 Å². The predicted octanol–water partition coefficient (Wildman–Crippen LogP) is 2.62. The number of aromatic nitrogens is 1. The molecule has 2 heterocycles. The van der Waals surface area contributed by atoms with Crippen LogP contribution in [0.25, 0.3) is 0 Å². The Labute approximate surface area is 207 Å². The lowest BCUT2D eigenvalue weighted by molar-refractivity contribution is -0.122. The topological polar surface area (TPSA) is 96.1 Å². The molecule has 3 rings (SSSR count). The van der Waals surface area contributed by atoms with E-state index in [9.17, 15) is 4.79 Å². The van der Waals surface area contributed by atoms with Gasteiger partial charge in [-0.05, 0) is 36.6 Å². The van der Waals surface area contributed by atoms with Gasteiger partial charge in [-0.2, -0.15) is 0 Å². The monoisotopic (exact) mass is 552 g/mol. The average Bonchev–Trinajstić information content (AvgIpc) is 2.80. The number of nitrogens with zero attached hydrogens (tertiary/aromatic N) is 4. The molecule has 1 saturated heterocycles. The molecule has 1 aromatic heterocycles. The molecular formula is C23H33IN6O2. The molecule has 1 aliphatic rings. The summed E-state index contributed by atoms with van der Waals surface area (Å²) in [7, 11) is 5.45. The quantitative estimate of drug-likeness (QED) is 0.312. The molecule has 3 N–H and O–H groups in total. The normalized spacial score (nSPS) is 16.2. The highest BCUT2D eigenvalue weighted by Crippen LogP contribution is 2.24. The summed E-state index contributed by atoms with van der Waals surface area (Å²) in [6.45, 7) is 2.79. The number of nitrogens with two attached hydrogens (primary N) is 1. The zero-order valence-electron chi connectivity index (χ0n) is 19.0. The SMILES string of the molecule is CN=C(NCc1cccnc1N1CCCC(C(N)=O)C1)N(C)Cc1ccc(OC)cc1.I. The van der Waals surface area contributed by atoms with Crippen LogP contribution >= 0.6 is 24.0 Å². The molecule has 1 unspecified atom stereocenters. The van der Waals surface area contributed by atoms with Crippen LogP contribution in [0.4, 0.5) is 5.82 Å². The van der Waals surface area contributed by atoms with Gasteiger partial charge < -0.3 is 25.6 Å². The first kappa shape index (κ1) is 25.7. The van der Waals surface area contributed by atoms with Crippen LogP contribution in [0, 0.1) is 5.92 Å². The lowest BCUT2D eigenvalue weighted by Gasteiger charge is -2.33. The number of amides is 1. The molecule has 1 aromatic carbocycles. The van der Waals surface area contributed by atoms with E-state index < -0.39 is 0 Å². The first-order valence-electron chi connectivity index (χ1n) is 10.5. The van der Waals surface area contributed by atoms with Gasteiger partial charge in [-0.25, -0.2) is 4.98 Å². The molecule has 2 aromatic rings. The van der Waals surface area contributed by atoms with E-state index in [-0.39, 0.29) is 35.8 Å². The van der Waals surface area contributed by atoms with Gasteiger partial charge in [-0.3, -0.25) is 9.79 Å². The fourth-order valence-electron chi connectivity index (χ4n) is 3.89. The van der Waals surface area contributed by atoms with Gasteiger partial charge in [-0.15, -0.1) is 24.0 Å². The van der Waals surface area contributed by atoms with E-state index in [1.54, 1.807) is 20.4 Å². The van der Waals surface area contributed by atoms with Gasteiger partial charge >= 0.3 is 0 Å². The van der Waals surface area contributed by atoms with Crippen LogP contribution in [0.15, 0.2) is 47.6 Å². The number of piperidine rings is 1. The van der Waals surface area contributed by atoms with Crippen molar-refractivity contribution in [1.82, 2.24) is 15.2 Å². The molecule has 9 heteroatoms. The number of ether oxygens (including phenoxy) is 1. The van der Waals surface area contributed by atoms with Gasteiger partial charge in [0.2, 0.25) is 5.91 Å². The molecule has 8 nitrogen and oxygen atoms in total. The van der Waals surface area contributed by atoms with Crippen molar-refractivity contribution in [2.75, 3.05) is 39.2 Å². The van der Waals surface area contributed by atoms with Crippen molar-refractivity contribution in [2.45, 2.75) is 25.9 Å². The second-order valence-corrected chi connectivity index (χ2v) is 7.78. The summed E-state index contributed by atoms with van der Waals surface area (Å²) < 4.78 is 5.23. The molecule has 0 saturated carbocycles. The smallest absolute Gasteiger partial charge is 0.222 e. The number of carbonyl (C=O) groups excluding carboxylic acids is 1. The van der Waals surface area contributed by atoms with Crippen LogP contribution in [0.2, 0.25) is 0 Å². The fourth-order valence-corrected chi connectivity index (χ4v) is 3.89. The van der Waals surface area contributed by atoms with Crippen molar-refractivity contribution in [3.8, 4) is 5.75 Å². The van der Waals surface area contributed by atoms with Gasteiger partial charge in [0.15, 0.2) is 5.96 Å². The fraction of sp³-hybridized carbons (Fsp3) is 0.435. The maximum absolute atomic E-state index is 11.7. The molecule has 174 valence electrons. The highest BCUT2D eigenvalue weighted by Gasteiger charge is 2.26. The Bertz CT molecular complexity index is 906. The standard InChI is InChI=1S/C23H32N6O2.HI/c1-25-23(28(2)15-17-8-10-20(31-3)11-9-17)27-14-18-6-4-12-26-22(18)29-13-5-7-19(16-29)21(24)30;/h4,6,8-12,19H,5,7,13-16H2,1-3H3,(H2,24,30)(H,25,27);1H. The molecule has 0 spiro atoms. The van der Waals surface area contributed by atoms with Crippen molar-refractivity contribution in [1.29, 1.82) is 0 Å². The number of anilines is 1. The van der Waals surface area contributed by atoms with Crippen LogP contribution in [-0.4, -0.2) is 56.0 Å². The Morgan fingerprint density at radius 3 is 2.75 bits per heavy atom. The average molecular weight is 552 g/mol. The molecule has 32 heavy (non-hydrogen) atoms. The summed E-state index contributed by atoms with van der Waals surface area (Å²) in [5.74, 6) is 2.17. The van der Waals surface area contributed by atoms with E-state index in [1.807, 2.05) is 37.4 Å². The van der Waals surface area contributed by atoms with Crippen LogP contribution in [-0.2, 0) is 17.9 Å². The number of halogens is 1. The van der Waals surface area contributed by atoms with E-state index in [1.165, 1.54) is 5.56 Å². The van der Waals surface area contributed by atoms with Crippen molar-refractivity contribution < 1.29 is 9.53 Å². The van der Waals surface area contributed by atoms with Crippen molar-refractivity contribution in [2.24, 2.45) is 16.6 Å². The lowest BCUT2D eigenvalue weighted by atomic mass is 9.97. The molecule has 0 bridgehead atoms. The minimum Gasteiger partial charge on any atom is -0.497 e. The minimum absolute atomic E-state index is 0. The molecule has 1 fully saturated rings. The third-order valence-corrected chi connectivity index (χ3v) is 5.58. The molecular weight excluding hydrogens is 519 g/mol. The summed E-state index contributed by atoms with van der Waals surface area (Å²) in [5, 5.41) is 3.43. The number of nitrogens with one attached hydrogen (secondary N) is 1. The molecule has 1 aliphatic heterocycles. The number of hydrogen-bond donors (Lipinski definition) is 2. The number of aliphatic imine (C=N–C) groups is 1.